The van der Waals surface area contributed by atoms with Crippen molar-refractivity contribution in [1.82, 2.24) is 0 Å². The molecule has 5 atom stereocenters. The average Bonchev–Trinajstić information content (AvgIpc) is 2.23. The van der Waals surface area contributed by atoms with E-state index in [1.54, 1.807) is 0 Å². The van der Waals surface area contributed by atoms with Crippen LogP contribution in [-0.4, -0.2) is 76.0 Å². The fourth-order valence-corrected chi connectivity index (χ4v) is 0.787. The van der Waals surface area contributed by atoms with Gasteiger partial charge in [-0.15, -0.1) is 0 Å². The molecule has 0 rings (SSSR count). The molecule has 0 bridgehead atoms. The molecule has 0 saturated carbocycles. The molecule has 0 saturated heterocycles. The summed E-state index contributed by atoms with van der Waals surface area (Å²) in [6, 6.07) is 0. The van der Waals surface area contributed by atoms with Crippen LogP contribution in [0.1, 0.15) is 0 Å². The minimum atomic E-state index is -1.90. The van der Waals surface area contributed by atoms with Crippen LogP contribution in [-0.2, 0) is 4.65 Å². The molecule has 0 aromatic heterocycles. The largest absolute Gasteiger partial charge is 0.423 e. The Morgan fingerprint density at radius 3 is 1.79 bits per heavy atom. The van der Waals surface area contributed by atoms with Crippen molar-refractivity contribution in [1.29, 1.82) is 0 Å². The Kier molecular flexibility index (Phi) is 6.21. The van der Waals surface area contributed by atoms with E-state index in [4.69, 9.17) is 30.6 Å². The lowest BCUT2D eigenvalue weighted by Gasteiger charge is -2.27. The summed E-state index contributed by atoms with van der Waals surface area (Å²) in [4.78, 5) is 0. The van der Waals surface area contributed by atoms with E-state index in [1.165, 1.54) is 0 Å². The molecule has 0 fully saturated rings. The van der Waals surface area contributed by atoms with Gasteiger partial charge in [-0.05, 0) is 0 Å². The van der Waals surface area contributed by atoms with Crippen LogP contribution in [0.15, 0.2) is 0 Å². The van der Waals surface area contributed by atoms with Gasteiger partial charge in [0.1, 0.15) is 24.4 Å². The average molecular weight is 208 g/mol. The van der Waals surface area contributed by atoms with Gasteiger partial charge in [0.05, 0.1) is 6.61 Å². The van der Waals surface area contributed by atoms with Gasteiger partial charge in [-0.3, -0.25) is 0 Å². The number of aliphatic hydroxyl groups excluding tert-OH is 6. The summed E-state index contributed by atoms with van der Waals surface area (Å²) in [5.74, 6) is 0. The number of aliphatic hydroxyl groups is 6. The van der Waals surface area contributed by atoms with E-state index in [2.05, 4.69) is 12.7 Å². The van der Waals surface area contributed by atoms with Gasteiger partial charge in [-0.25, -0.2) is 0 Å². The summed E-state index contributed by atoms with van der Waals surface area (Å²) >= 11 is 0. The fraction of sp³-hybridized carbons (Fsp3) is 1.00. The predicted molar refractivity (Wildman–Crippen MR) is 44.0 cm³/mol. The highest BCUT2D eigenvalue weighted by Gasteiger charge is 2.33. The normalized spacial score (nSPS) is 22.4. The lowest BCUT2D eigenvalue weighted by molar-refractivity contribution is -0.180. The highest BCUT2D eigenvalue weighted by Crippen LogP contribution is 2.08. The zero-order valence-electron chi connectivity index (χ0n) is 7.26. The second kappa shape index (κ2) is 6.30. The second-order valence-corrected chi connectivity index (χ2v) is 2.75. The first-order chi connectivity index (χ1) is 6.45. The van der Waals surface area contributed by atoms with E-state index in [1.807, 2.05) is 0 Å². The highest BCUT2D eigenvalue weighted by atomic mass is 16.6. The van der Waals surface area contributed by atoms with E-state index in [0.29, 0.717) is 0 Å². The molecule has 0 aromatic carbocycles. The van der Waals surface area contributed by atoms with Crippen molar-refractivity contribution >= 4 is 8.05 Å². The molecule has 0 spiro atoms. The molecule has 7 nitrogen and oxygen atoms in total. The Morgan fingerprint density at radius 2 is 1.43 bits per heavy atom. The summed E-state index contributed by atoms with van der Waals surface area (Å²) in [5.41, 5.74) is 0. The third-order valence-corrected chi connectivity index (χ3v) is 1.71. The van der Waals surface area contributed by atoms with E-state index >= 15 is 0 Å². The minimum absolute atomic E-state index is 0.801. The molecule has 0 aliphatic heterocycles. The molecule has 6 N–H and O–H groups in total. The maximum absolute atomic E-state index is 9.12. The lowest BCUT2D eigenvalue weighted by atomic mass is 10.0. The molecule has 0 aliphatic carbocycles. The second-order valence-electron chi connectivity index (χ2n) is 2.75. The van der Waals surface area contributed by atoms with Crippen LogP contribution in [0.25, 0.3) is 0 Å². The molecular weight excluding hydrogens is 195 g/mol. The first kappa shape index (κ1) is 13.8. The molecule has 14 heavy (non-hydrogen) atoms. The van der Waals surface area contributed by atoms with Gasteiger partial charge in [0.2, 0.25) is 0 Å². The van der Waals surface area contributed by atoms with Gasteiger partial charge in [-0.1, -0.05) is 0 Å². The Hall–Kier alpha value is -0.215. The Balaban J connectivity index is 4.22. The Bertz CT molecular complexity index is 141. The standard InChI is InChI=1S/C6H13BO7/c7-14-6(13)5(12)4(11)3(10)2(9)1-8/h2-6,8-13H,1H2/t2-,3-,4+,5-,6?/m1/s1. The van der Waals surface area contributed by atoms with Gasteiger partial charge in [0.15, 0.2) is 6.29 Å². The zero-order valence-corrected chi connectivity index (χ0v) is 7.26. The van der Waals surface area contributed by atoms with E-state index < -0.39 is 37.3 Å². The number of hydrogen-bond donors (Lipinski definition) is 6. The van der Waals surface area contributed by atoms with Crippen molar-refractivity contribution in [3.8, 4) is 0 Å². The van der Waals surface area contributed by atoms with Gasteiger partial charge >= 0.3 is 0 Å². The molecule has 0 heterocycles. The van der Waals surface area contributed by atoms with Crippen LogP contribution < -0.4 is 0 Å². The summed E-state index contributed by atoms with van der Waals surface area (Å²) in [5, 5.41) is 53.3. The Labute approximate surface area is 81.6 Å². The van der Waals surface area contributed by atoms with E-state index in [9.17, 15) is 0 Å². The molecule has 0 aliphatic rings. The van der Waals surface area contributed by atoms with Crippen LogP contribution in [0.3, 0.4) is 0 Å². The van der Waals surface area contributed by atoms with Crippen LogP contribution in [0.2, 0.25) is 0 Å². The van der Waals surface area contributed by atoms with Gasteiger partial charge in [0.25, 0.3) is 8.05 Å². The summed E-state index contributed by atoms with van der Waals surface area (Å²) in [7, 11) is 4.50. The molecule has 8 heteroatoms. The highest BCUT2D eigenvalue weighted by molar-refractivity contribution is 5.98. The van der Waals surface area contributed by atoms with Crippen LogP contribution in [0.4, 0.5) is 0 Å². The van der Waals surface area contributed by atoms with Crippen LogP contribution in [0.5, 0.6) is 0 Å². The van der Waals surface area contributed by atoms with Crippen molar-refractivity contribution in [3.63, 3.8) is 0 Å². The van der Waals surface area contributed by atoms with Crippen molar-refractivity contribution in [2.75, 3.05) is 6.61 Å². The molecule has 2 radical (unpaired) electrons. The molecule has 0 amide bonds. The van der Waals surface area contributed by atoms with Crippen LogP contribution in [0, 0.1) is 0 Å². The number of rotatable bonds is 6. The van der Waals surface area contributed by atoms with Gasteiger partial charge < -0.3 is 35.3 Å². The van der Waals surface area contributed by atoms with Gasteiger partial charge in [-0.2, -0.15) is 0 Å². The third kappa shape index (κ3) is 3.50. The third-order valence-electron chi connectivity index (χ3n) is 1.71. The van der Waals surface area contributed by atoms with Gasteiger partial charge in [0, 0.05) is 0 Å². The molecular formula is C6H13BO7. The summed E-state index contributed by atoms with van der Waals surface area (Å²) in [6.45, 7) is -0.801. The lowest BCUT2D eigenvalue weighted by Crippen LogP contribution is -2.50. The minimum Gasteiger partial charge on any atom is -0.423 e. The van der Waals surface area contributed by atoms with Crippen molar-refractivity contribution < 1.29 is 35.3 Å². The van der Waals surface area contributed by atoms with Crippen molar-refractivity contribution in [3.05, 3.63) is 0 Å². The van der Waals surface area contributed by atoms with Crippen molar-refractivity contribution in [2.45, 2.75) is 30.7 Å². The maximum Gasteiger partial charge on any atom is 0.286 e. The topological polar surface area (TPSA) is 131 Å². The maximum atomic E-state index is 9.12. The molecule has 82 valence electrons. The predicted octanol–water partition coefficient (Wildman–Crippen LogP) is -4.16. The van der Waals surface area contributed by atoms with E-state index in [0.717, 1.165) is 0 Å². The quantitative estimate of drug-likeness (QED) is 0.193. The smallest absolute Gasteiger partial charge is 0.286 e. The molecule has 0 aromatic rings. The van der Waals surface area contributed by atoms with Crippen LogP contribution >= 0.6 is 0 Å². The Morgan fingerprint density at radius 1 is 0.929 bits per heavy atom. The van der Waals surface area contributed by atoms with Crippen molar-refractivity contribution in [2.24, 2.45) is 0 Å². The number of hydrogen-bond acceptors (Lipinski definition) is 7. The SMILES string of the molecule is [B]OC(O)[C@H](O)[C@@H](O)[C@H](O)[C@H](O)CO. The summed E-state index contributed by atoms with van der Waals surface area (Å²) < 4.78 is 3.79. The molecule has 1 unspecified atom stereocenters. The monoisotopic (exact) mass is 208 g/mol. The first-order valence-corrected chi connectivity index (χ1v) is 3.82. The van der Waals surface area contributed by atoms with E-state index in [-0.39, 0.29) is 0 Å². The zero-order chi connectivity index (χ0) is 11.3. The fourth-order valence-electron chi connectivity index (χ4n) is 0.787. The first-order valence-electron chi connectivity index (χ1n) is 3.82. The summed E-state index contributed by atoms with van der Waals surface area (Å²) in [6.07, 6.45) is -9.14.